The molecule has 0 N–H and O–H groups in total. The van der Waals surface area contributed by atoms with Crippen LogP contribution in [0.1, 0.15) is 117 Å². The second-order valence-electron chi connectivity index (χ2n) is 6.73. The lowest BCUT2D eigenvalue weighted by Gasteiger charge is -2.13. The Kier molecular flexibility index (Phi) is 16.4. The normalized spacial score (nSPS) is 12.3. The average molecular weight is 313 g/mol. The molecule has 0 aliphatic rings. The fraction of sp³-hybridized carbons (Fsp3) is 0.950. The van der Waals surface area contributed by atoms with Gasteiger partial charge in [0, 0.05) is 6.42 Å². The van der Waals surface area contributed by atoms with Crippen LogP contribution in [-0.2, 0) is 9.53 Å². The van der Waals surface area contributed by atoms with E-state index in [2.05, 4.69) is 13.8 Å². The van der Waals surface area contributed by atoms with E-state index >= 15 is 0 Å². The minimum Gasteiger partial charge on any atom is -0.463 e. The van der Waals surface area contributed by atoms with Gasteiger partial charge in [-0.3, -0.25) is 4.79 Å². The van der Waals surface area contributed by atoms with Crippen LogP contribution in [-0.4, -0.2) is 12.1 Å². The van der Waals surface area contributed by atoms with Gasteiger partial charge in [-0.25, -0.2) is 0 Å². The molecule has 2 nitrogen and oxygen atoms in total. The molecule has 0 amide bonds. The van der Waals surface area contributed by atoms with Crippen LogP contribution in [0.3, 0.4) is 0 Å². The van der Waals surface area contributed by atoms with Crippen LogP contribution >= 0.6 is 0 Å². The SMILES string of the molecule is CCCCCCCCCCCCC(C)OC(=O)CCCCC. The molecule has 22 heavy (non-hydrogen) atoms. The van der Waals surface area contributed by atoms with E-state index in [1.54, 1.807) is 0 Å². The predicted molar refractivity (Wildman–Crippen MR) is 96.2 cm³/mol. The Morgan fingerprint density at radius 3 is 1.73 bits per heavy atom. The molecule has 0 bridgehead atoms. The summed E-state index contributed by atoms with van der Waals surface area (Å²) in [6.07, 6.45) is 18.5. The van der Waals surface area contributed by atoms with Gasteiger partial charge in [-0.2, -0.15) is 0 Å². The summed E-state index contributed by atoms with van der Waals surface area (Å²) in [4.78, 5) is 11.6. The maximum Gasteiger partial charge on any atom is 0.306 e. The highest BCUT2D eigenvalue weighted by Gasteiger charge is 2.08. The fourth-order valence-electron chi connectivity index (χ4n) is 2.78. The Balaban J connectivity index is 3.27. The van der Waals surface area contributed by atoms with Gasteiger partial charge in [-0.1, -0.05) is 84.5 Å². The van der Waals surface area contributed by atoms with Crippen LogP contribution in [0.25, 0.3) is 0 Å². The highest BCUT2D eigenvalue weighted by Crippen LogP contribution is 2.13. The molecule has 0 aromatic heterocycles. The standard InChI is InChI=1S/C20H40O2/c1-4-6-8-9-10-11-12-13-14-16-17-19(3)22-20(21)18-15-7-5-2/h19H,4-18H2,1-3H3. The maximum atomic E-state index is 11.6. The fourth-order valence-corrected chi connectivity index (χ4v) is 2.78. The summed E-state index contributed by atoms with van der Waals surface area (Å²) in [6.45, 7) is 6.45. The van der Waals surface area contributed by atoms with Gasteiger partial charge in [-0.05, 0) is 26.2 Å². The van der Waals surface area contributed by atoms with Crippen LogP contribution < -0.4 is 0 Å². The number of hydrogen-bond donors (Lipinski definition) is 0. The van der Waals surface area contributed by atoms with E-state index in [4.69, 9.17) is 4.74 Å². The first-order chi connectivity index (χ1) is 10.7. The Hall–Kier alpha value is -0.530. The van der Waals surface area contributed by atoms with Gasteiger partial charge in [0.05, 0.1) is 6.10 Å². The second kappa shape index (κ2) is 16.8. The largest absolute Gasteiger partial charge is 0.463 e. The van der Waals surface area contributed by atoms with Crippen molar-refractivity contribution in [2.24, 2.45) is 0 Å². The van der Waals surface area contributed by atoms with Crippen molar-refractivity contribution < 1.29 is 9.53 Å². The third kappa shape index (κ3) is 15.9. The maximum absolute atomic E-state index is 11.6. The number of carbonyl (C=O) groups is 1. The summed E-state index contributed by atoms with van der Waals surface area (Å²) >= 11 is 0. The Morgan fingerprint density at radius 1 is 0.727 bits per heavy atom. The van der Waals surface area contributed by atoms with Gasteiger partial charge in [0.25, 0.3) is 0 Å². The zero-order valence-electron chi connectivity index (χ0n) is 15.5. The van der Waals surface area contributed by atoms with Crippen LogP contribution in [0.15, 0.2) is 0 Å². The topological polar surface area (TPSA) is 26.3 Å². The molecule has 0 radical (unpaired) electrons. The number of esters is 1. The molecule has 0 fully saturated rings. The van der Waals surface area contributed by atoms with Gasteiger partial charge < -0.3 is 4.74 Å². The van der Waals surface area contributed by atoms with E-state index in [9.17, 15) is 4.79 Å². The number of carbonyl (C=O) groups excluding carboxylic acids is 1. The van der Waals surface area contributed by atoms with Gasteiger partial charge >= 0.3 is 5.97 Å². The molecule has 1 unspecified atom stereocenters. The van der Waals surface area contributed by atoms with E-state index in [1.807, 2.05) is 6.92 Å². The van der Waals surface area contributed by atoms with Gasteiger partial charge in [0.1, 0.15) is 0 Å². The first kappa shape index (κ1) is 21.5. The van der Waals surface area contributed by atoms with Crippen molar-refractivity contribution in [3.8, 4) is 0 Å². The summed E-state index contributed by atoms with van der Waals surface area (Å²) in [7, 11) is 0. The molecule has 0 saturated heterocycles. The van der Waals surface area contributed by atoms with E-state index in [1.165, 1.54) is 64.2 Å². The monoisotopic (exact) mass is 312 g/mol. The molecule has 0 aromatic carbocycles. The average Bonchev–Trinajstić information content (AvgIpc) is 2.49. The molecule has 0 heterocycles. The molecule has 0 aromatic rings. The molecule has 0 aliphatic heterocycles. The molecule has 0 saturated carbocycles. The van der Waals surface area contributed by atoms with Crippen molar-refractivity contribution >= 4 is 5.97 Å². The number of hydrogen-bond acceptors (Lipinski definition) is 2. The van der Waals surface area contributed by atoms with E-state index in [0.29, 0.717) is 6.42 Å². The lowest BCUT2D eigenvalue weighted by Crippen LogP contribution is -2.14. The van der Waals surface area contributed by atoms with Crippen LogP contribution in [0.5, 0.6) is 0 Å². The number of unbranched alkanes of at least 4 members (excludes halogenated alkanes) is 11. The summed E-state index contributed by atoms with van der Waals surface area (Å²) < 4.78 is 5.44. The summed E-state index contributed by atoms with van der Waals surface area (Å²) in [6, 6.07) is 0. The molecule has 132 valence electrons. The smallest absolute Gasteiger partial charge is 0.306 e. The van der Waals surface area contributed by atoms with Crippen molar-refractivity contribution in [2.75, 3.05) is 0 Å². The molecular formula is C20H40O2. The summed E-state index contributed by atoms with van der Waals surface area (Å²) in [5.74, 6) is -0.00645. The quantitative estimate of drug-likeness (QED) is 0.231. The second-order valence-corrected chi connectivity index (χ2v) is 6.73. The van der Waals surface area contributed by atoms with E-state index < -0.39 is 0 Å². The molecule has 2 heteroatoms. The Bertz CT molecular complexity index is 238. The first-order valence-electron chi connectivity index (χ1n) is 9.90. The van der Waals surface area contributed by atoms with Crippen molar-refractivity contribution in [1.82, 2.24) is 0 Å². The van der Waals surface area contributed by atoms with E-state index in [-0.39, 0.29) is 12.1 Å². The Morgan fingerprint density at radius 2 is 1.18 bits per heavy atom. The summed E-state index contributed by atoms with van der Waals surface area (Å²) in [5.41, 5.74) is 0. The minimum absolute atomic E-state index is 0.00645. The van der Waals surface area contributed by atoms with Crippen molar-refractivity contribution in [3.05, 3.63) is 0 Å². The number of ether oxygens (including phenoxy) is 1. The van der Waals surface area contributed by atoms with Gasteiger partial charge in [0.15, 0.2) is 0 Å². The lowest BCUT2D eigenvalue weighted by atomic mass is 10.0. The zero-order valence-corrected chi connectivity index (χ0v) is 15.5. The van der Waals surface area contributed by atoms with Crippen molar-refractivity contribution in [1.29, 1.82) is 0 Å². The van der Waals surface area contributed by atoms with Crippen molar-refractivity contribution in [3.63, 3.8) is 0 Å². The molecule has 0 rings (SSSR count). The molecule has 0 spiro atoms. The zero-order chi connectivity index (χ0) is 16.5. The molecule has 0 aliphatic carbocycles. The van der Waals surface area contributed by atoms with Gasteiger partial charge in [-0.15, -0.1) is 0 Å². The summed E-state index contributed by atoms with van der Waals surface area (Å²) in [5, 5.41) is 0. The molecule has 1 atom stereocenters. The predicted octanol–water partition coefficient (Wildman–Crippen LogP) is 6.81. The molecular weight excluding hydrogens is 272 g/mol. The number of rotatable bonds is 16. The van der Waals surface area contributed by atoms with Crippen LogP contribution in [0.4, 0.5) is 0 Å². The third-order valence-corrected chi connectivity index (χ3v) is 4.28. The van der Waals surface area contributed by atoms with Crippen LogP contribution in [0, 0.1) is 0 Å². The van der Waals surface area contributed by atoms with Crippen molar-refractivity contribution in [2.45, 2.75) is 123 Å². The third-order valence-electron chi connectivity index (χ3n) is 4.28. The highest BCUT2D eigenvalue weighted by molar-refractivity contribution is 5.69. The van der Waals surface area contributed by atoms with E-state index in [0.717, 1.165) is 25.7 Å². The lowest BCUT2D eigenvalue weighted by molar-refractivity contribution is -0.148. The Labute approximate surface area is 139 Å². The van der Waals surface area contributed by atoms with Gasteiger partial charge in [0.2, 0.25) is 0 Å². The van der Waals surface area contributed by atoms with Crippen LogP contribution in [0.2, 0.25) is 0 Å². The first-order valence-corrected chi connectivity index (χ1v) is 9.90. The highest BCUT2D eigenvalue weighted by atomic mass is 16.5. The minimum atomic E-state index is -0.00645.